The van der Waals surface area contributed by atoms with Crippen LogP contribution in [0.2, 0.25) is 0 Å². The molecule has 0 saturated carbocycles. The molecule has 0 aromatic heterocycles. The zero-order chi connectivity index (χ0) is 16.0. The molecule has 0 unspecified atom stereocenters. The number of ether oxygens (including phenoxy) is 1. The summed E-state index contributed by atoms with van der Waals surface area (Å²) in [7, 11) is 0. The SMILES string of the molecule is CCCCCCCCCCCCCCC[C@H]1OC(=O)N[C@H]1C. The van der Waals surface area contributed by atoms with E-state index in [-0.39, 0.29) is 18.2 Å². The quantitative estimate of drug-likeness (QED) is 0.402. The second kappa shape index (κ2) is 12.8. The number of carbonyl (C=O) groups is 1. The van der Waals surface area contributed by atoms with E-state index >= 15 is 0 Å². The second-order valence-corrected chi connectivity index (χ2v) is 6.91. The third-order valence-corrected chi connectivity index (χ3v) is 4.75. The fourth-order valence-electron chi connectivity index (χ4n) is 3.22. The van der Waals surface area contributed by atoms with Gasteiger partial charge in [0.1, 0.15) is 6.10 Å². The van der Waals surface area contributed by atoms with E-state index in [9.17, 15) is 4.79 Å². The maximum absolute atomic E-state index is 11.1. The fraction of sp³-hybridized carbons (Fsp3) is 0.947. The number of rotatable bonds is 14. The first-order valence-corrected chi connectivity index (χ1v) is 9.71. The van der Waals surface area contributed by atoms with Gasteiger partial charge >= 0.3 is 6.09 Å². The lowest BCUT2D eigenvalue weighted by atomic mass is 10.0. The highest BCUT2D eigenvalue weighted by atomic mass is 16.6. The lowest BCUT2D eigenvalue weighted by molar-refractivity contribution is 0.126. The number of unbranched alkanes of at least 4 members (excludes halogenated alkanes) is 12. The van der Waals surface area contributed by atoms with E-state index in [0.717, 1.165) is 6.42 Å². The van der Waals surface area contributed by atoms with Crippen LogP contribution in [-0.4, -0.2) is 18.2 Å². The molecule has 130 valence electrons. The largest absolute Gasteiger partial charge is 0.444 e. The maximum atomic E-state index is 11.1. The number of cyclic esters (lactones) is 1. The molecule has 0 spiro atoms. The molecule has 1 N–H and O–H groups in total. The summed E-state index contributed by atoms with van der Waals surface area (Å²) in [4.78, 5) is 11.1. The van der Waals surface area contributed by atoms with Crippen molar-refractivity contribution < 1.29 is 9.53 Å². The average molecular weight is 312 g/mol. The molecule has 0 aromatic carbocycles. The van der Waals surface area contributed by atoms with Gasteiger partial charge in [-0.05, 0) is 19.8 Å². The first-order valence-electron chi connectivity index (χ1n) is 9.71. The van der Waals surface area contributed by atoms with Crippen LogP contribution in [0.1, 0.15) is 104 Å². The van der Waals surface area contributed by atoms with Crippen LogP contribution in [0.4, 0.5) is 4.79 Å². The van der Waals surface area contributed by atoms with Crippen molar-refractivity contribution in [2.75, 3.05) is 0 Å². The van der Waals surface area contributed by atoms with Crippen molar-refractivity contribution in [2.45, 2.75) is 116 Å². The van der Waals surface area contributed by atoms with E-state index in [4.69, 9.17) is 4.74 Å². The molecular weight excluding hydrogens is 274 g/mol. The number of amides is 1. The normalized spacial score (nSPS) is 20.9. The van der Waals surface area contributed by atoms with Gasteiger partial charge in [0.2, 0.25) is 0 Å². The predicted molar refractivity (Wildman–Crippen MR) is 93.2 cm³/mol. The number of nitrogens with one attached hydrogen (secondary N) is 1. The van der Waals surface area contributed by atoms with Crippen LogP contribution in [0, 0.1) is 0 Å². The van der Waals surface area contributed by atoms with Crippen LogP contribution in [0.3, 0.4) is 0 Å². The topological polar surface area (TPSA) is 38.3 Å². The van der Waals surface area contributed by atoms with Gasteiger partial charge in [-0.25, -0.2) is 4.79 Å². The molecule has 22 heavy (non-hydrogen) atoms. The van der Waals surface area contributed by atoms with Crippen LogP contribution >= 0.6 is 0 Å². The number of hydrogen-bond donors (Lipinski definition) is 1. The Morgan fingerprint density at radius 3 is 1.68 bits per heavy atom. The Balaban J connectivity index is 1.76. The lowest BCUT2D eigenvalue weighted by Crippen LogP contribution is -2.27. The summed E-state index contributed by atoms with van der Waals surface area (Å²) in [6, 6.07) is 0.185. The van der Waals surface area contributed by atoms with Gasteiger partial charge in [-0.15, -0.1) is 0 Å². The Morgan fingerprint density at radius 1 is 0.818 bits per heavy atom. The predicted octanol–water partition coefficient (Wildman–Crippen LogP) is 5.96. The van der Waals surface area contributed by atoms with E-state index in [0.29, 0.717) is 0 Å². The third kappa shape index (κ3) is 9.32. The van der Waals surface area contributed by atoms with E-state index in [1.807, 2.05) is 6.92 Å². The number of carbonyl (C=O) groups excluding carboxylic acids is 1. The van der Waals surface area contributed by atoms with Gasteiger partial charge in [0.15, 0.2) is 0 Å². The van der Waals surface area contributed by atoms with Crippen molar-refractivity contribution in [2.24, 2.45) is 0 Å². The molecule has 1 fully saturated rings. The van der Waals surface area contributed by atoms with Crippen molar-refractivity contribution in [3.8, 4) is 0 Å². The molecule has 1 rings (SSSR count). The lowest BCUT2D eigenvalue weighted by Gasteiger charge is -2.12. The number of hydrogen-bond acceptors (Lipinski definition) is 2. The Bertz CT molecular complexity index is 281. The average Bonchev–Trinajstić information content (AvgIpc) is 2.82. The van der Waals surface area contributed by atoms with Crippen LogP contribution in [-0.2, 0) is 4.74 Å². The van der Waals surface area contributed by atoms with Crippen molar-refractivity contribution >= 4 is 6.09 Å². The Kier molecular flexibility index (Phi) is 11.2. The standard InChI is InChI=1S/C19H37NO2/c1-3-4-5-6-7-8-9-10-11-12-13-14-15-16-18-17(2)20-19(21)22-18/h17-18H,3-16H2,1-2H3,(H,20,21)/t17-,18+/m0/s1. The molecule has 0 radical (unpaired) electrons. The van der Waals surface area contributed by atoms with E-state index in [1.54, 1.807) is 0 Å². The van der Waals surface area contributed by atoms with Crippen LogP contribution in [0.5, 0.6) is 0 Å². The smallest absolute Gasteiger partial charge is 0.407 e. The summed E-state index contributed by atoms with van der Waals surface area (Å²) in [6.45, 7) is 4.30. The Morgan fingerprint density at radius 2 is 1.27 bits per heavy atom. The van der Waals surface area contributed by atoms with Crippen molar-refractivity contribution in [1.82, 2.24) is 5.32 Å². The molecule has 1 aliphatic rings. The first kappa shape index (κ1) is 19.3. The second-order valence-electron chi connectivity index (χ2n) is 6.91. The zero-order valence-electron chi connectivity index (χ0n) is 14.9. The van der Waals surface area contributed by atoms with Crippen LogP contribution in [0.25, 0.3) is 0 Å². The zero-order valence-corrected chi connectivity index (χ0v) is 14.9. The first-order chi connectivity index (χ1) is 10.7. The highest BCUT2D eigenvalue weighted by molar-refractivity contribution is 5.70. The molecule has 1 saturated heterocycles. The molecule has 0 aliphatic carbocycles. The van der Waals surface area contributed by atoms with Crippen molar-refractivity contribution in [1.29, 1.82) is 0 Å². The summed E-state index contributed by atoms with van der Waals surface area (Å²) in [6.07, 6.45) is 18.7. The van der Waals surface area contributed by atoms with E-state index < -0.39 is 0 Å². The minimum Gasteiger partial charge on any atom is -0.444 e. The maximum Gasteiger partial charge on any atom is 0.407 e. The molecule has 1 aliphatic heterocycles. The third-order valence-electron chi connectivity index (χ3n) is 4.75. The van der Waals surface area contributed by atoms with Gasteiger partial charge in [-0.1, -0.05) is 84.0 Å². The molecule has 3 nitrogen and oxygen atoms in total. The summed E-state index contributed by atoms with van der Waals surface area (Å²) >= 11 is 0. The highest BCUT2D eigenvalue weighted by Crippen LogP contribution is 2.17. The molecule has 2 atom stereocenters. The summed E-state index contributed by atoms with van der Waals surface area (Å²) < 4.78 is 5.23. The molecule has 1 amide bonds. The molecule has 0 bridgehead atoms. The van der Waals surface area contributed by atoms with Gasteiger partial charge in [-0.2, -0.15) is 0 Å². The monoisotopic (exact) mass is 311 g/mol. The molecular formula is C19H37NO2. The Hall–Kier alpha value is -0.730. The van der Waals surface area contributed by atoms with Gasteiger partial charge in [0.05, 0.1) is 6.04 Å². The van der Waals surface area contributed by atoms with Crippen molar-refractivity contribution in [3.05, 3.63) is 0 Å². The molecule has 1 heterocycles. The fourth-order valence-corrected chi connectivity index (χ4v) is 3.22. The van der Waals surface area contributed by atoms with Crippen LogP contribution < -0.4 is 5.32 Å². The van der Waals surface area contributed by atoms with Gasteiger partial charge in [0, 0.05) is 0 Å². The summed E-state index contributed by atoms with van der Waals surface area (Å²) in [5, 5.41) is 2.80. The summed E-state index contributed by atoms with van der Waals surface area (Å²) in [5.41, 5.74) is 0. The summed E-state index contributed by atoms with van der Waals surface area (Å²) in [5.74, 6) is 0. The van der Waals surface area contributed by atoms with Gasteiger partial charge < -0.3 is 10.1 Å². The number of alkyl carbamates (subject to hydrolysis) is 1. The minimum atomic E-state index is -0.243. The van der Waals surface area contributed by atoms with Crippen LogP contribution in [0.15, 0.2) is 0 Å². The minimum absolute atomic E-state index is 0.0974. The van der Waals surface area contributed by atoms with Gasteiger partial charge in [0.25, 0.3) is 0 Å². The van der Waals surface area contributed by atoms with Crippen molar-refractivity contribution in [3.63, 3.8) is 0 Å². The molecule has 0 aromatic rings. The van der Waals surface area contributed by atoms with Gasteiger partial charge in [-0.3, -0.25) is 0 Å². The van der Waals surface area contributed by atoms with E-state index in [1.165, 1.54) is 83.5 Å². The highest BCUT2D eigenvalue weighted by Gasteiger charge is 2.29. The molecule has 3 heteroatoms. The Labute approximate surface area is 137 Å². The van der Waals surface area contributed by atoms with E-state index in [2.05, 4.69) is 12.2 Å².